The Kier molecular flexibility index (Phi) is 22.8. The van der Waals surface area contributed by atoms with Crippen molar-refractivity contribution in [2.24, 2.45) is 15.3 Å². The normalized spacial score (nSPS) is 11.2. The van der Waals surface area contributed by atoms with Crippen LogP contribution in [0.25, 0.3) is 31.3 Å². The summed E-state index contributed by atoms with van der Waals surface area (Å²) >= 11 is 0. The maximum absolute atomic E-state index is 8.19. The maximum Gasteiger partial charge on any atom is 0.104 e. The van der Waals surface area contributed by atoms with E-state index in [0.29, 0.717) is 72.7 Å². The van der Waals surface area contributed by atoms with E-state index >= 15 is 0 Å². The van der Waals surface area contributed by atoms with Crippen molar-refractivity contribution >= 4 is 0 Å². The Balaban J connectivity index is 3.92. The molecular formula is C15H29N9O6. The van der Waals surface area contributed by atoms with Gasteiger partial charge in [-0.2, -0.15) is 0 Å². The van der Waals surface area contributed by atoms with Crippen molar-refractivity contribution in [1.82, 2.24) is 0 Å². The van der Waals surface area contributed by atoms with Gasteiger partial charge >= 0.3 is 0 Å². The summed E-state index contributed by atoms with van der Waals surface area (Å²) in [6.45, 7) is 4.58. The molecule has 0 heterocycles. The monoisotopic (exact) mass is 431 g/mol. The Morgan fingerprint density at radius 3 is 1.27 bits per heavy atom. The third kappa shape index (κ3) is 22.0. The summed E-state index contributed by atoms with van der Waals surface area (Å²) in [5, 5.41) is 10.1. The Hall–Kier alpha value is -2.31. The van der Waals surface area contributed by atoms with Crippen LogP contribution in [0.4, 0.5) is 0 Å². The molecule has 0 bridgehead atoms. The quantitative estimate of drug-likeness (QED) is 0.103. The maximum atomic E-state index is 8.19. The fourth-order valence-electron chi connectivity index (χ4n) is 1.84. The summed E-state index contributed by atoms with van der Waals surface area (Å²) in [4.78, 5) is 7.91. The van der Waals surface area contributed by atoms with Crippen molar-refractivity contribution in [3.63, 3.8) is 0 Å². The Labute approximate surface area is 174 Å². The van der Waals surface area contributed by atoms with Gasteiger partial charge < -0.3 is 28.4 Å². The first-order valence-electron chi connectivity index (χ1n) is 9.38. The predicted molar refractivity (Wildman–Crippen MR) is 106 cm³/mol. The predicted octanol–water partition coefficient (Wildman–Crippen LogP) is 2.39. The van der Waals surface area contributed by atoms with Gasteiger partial charge in [-0.3, -0.25) is 0 Å². The van der Waals surface area contributed by atoms with Gasteiger partial charge in [0.1, 0.15) is 6.10 Å². The third-order valence-corrected chi connectivity index (χ3v) is 3.13. The van der Waals surface area contributed by atoms with Crippen molar-refractivity contribution in [2.75, 3.05) is 92.3 Å². The Morgan fingerprint density at radius 2 is 0.867 bits per heavy atom. The van der Waals surface area contributed by atoms with Crippen LogP contribution < -0.4 is 0 Å². The first kappa shape index (κ1) is 27.7. The van der Waals surface area contributed by atoms with Gasteiger partial charge in [-0.15, -0.1) is 0 Å². The smallest absolute Gasteiger partial charge is 0.104 e. The van der Waals surface area contributed by atoms with Crippen molar-refractivity contribution < 1.29 is 28.4 Å². The summed E-state index contributed by atoms with van der Waals surface area (Å²) < 4.78 is 32.5. The molecule has 0 saturated heterocycles. The topological polar surface area (TPSA) is 202 Å². The standard InChI is InChI=1S/C15H29N9O6/c16-22-19-1-4-25-7-9-28-13-15(30-12-11-27-6-3-21-24-18)14-29-10-8-26-5-2-20-23-17/h15H,1-14H2. The zero-order valence-corrected chi connectivity index (χ0v) is 17.0. The molecule has 0 radical (unpaired) electrons. The first-order chi connectivity index (χ1) is 14.8. The van der Waals surface area contributed by atoms with Crippen molar-refractivity contribution in [1.29, 1.82) is 0 Å². The highest BCUT2D eigenvalue weighted by molar-refractivity contribution is 4.56. The summed E-state index contributed by atoms with van der Waals surface area (Å²) in [5.41, 5.74) is 24.5. The molecule has 0 aliphatic carbocycles. The van der Waals surface area contributed by atoms with E-state index in [1.807, 2.05) is 0 Å². The van der Waals surface area contributed by atoms with E-state index in [9.17, 15) is 0 Å². The van der Waals surface area contributed by atoms with Crippen LogP contribution >= 0.6 is 0 Å². The Bertz CT molecular complexity index is 505. The molecule has 30 heavy (non-hydrogen) atoms. The number of azide groups is 3. The second-order valence-electron chi connectivity index (χ2n) is 5.34. The summed E-state index contributed by atoms with van der Waals surface area (Å²) in [5.74, 6) is 0. The molecule has 0 rings (SSSR count). The summed E-state index contributed by atoms with van der Waals surface area (Å²) in [6, 6.07) is 0. The third-order valence-electron chi connectivity index (χ3n) is 3.13. The zero-order valence-electron chi connectivity index (χ0n) is 17.0. The average molecular weight is 431 g/mol. The molecule has 0 amide bonds. The summed E-state index contributed by atoms with van der Waals surface area (Å²) in [7, 11) is 0. The largest absolute Gasteiger partial charge is 0.379 e. The fourth-order valence-corrected chi connectivity index (χ4v) is 1.84. The number of ether oxygens (including phenoxy) is 6. The first-order valence-corrected chi connectivity index (χ1v) is 9.38. The van der Waals surface area contributed by atoms with Gasteiger partial charge in [0.15, 0.2) is 0 Å². The highest BCUT2D eigenvalue weighted by atomic mass is 16.6. The van der Waals surface area contributed by atoms with E-state index < -0.39 is 0 Å². The van der Waals surface area contributed by atoms with Crippen LogP contribution in [0.2, 0.25) is 0 Å². The van der Waals surface area contributed by atoms with E-state index in [2.05, 4.69) is 30.1 Å². The van der Waals surface area contributed by atoms with Gasteiger partial charge in [0.2, 0.25) is 0 Å². The molecular weight excluding hydrogens is 402 g/mol. The molecule has 15 nitrogen and oxygen atoms in total. The van der Waals surface area contributed by atoms with Crippen LogP contribution in [-0.2, 0) is 28.4 Å². The molecule has 0 aromatic rings. The van der Waals surface area contributed by atoms with Gasteiger partial charge in [0, 0.05) is 34.4 Å². The number of hydrogen-bond donors (Lipinski definition) is 0. The fraction of sp³-hybridized carbons (Fsp3) is 1.00. The van der Waals surface area contributed by atoms with Crippen LogP contribution in [0.5, 0.6) is 0 Å². The van der Waals surface area contributed by atoms with Crippen LogP contribution in [0.3, 0.4) is 0 Å². The lowest BCUT2D eigenvalue weighted by molar-refractivity contribution is -0.0825. The second kappa shape index (κ2) is 24.7. The molecule has 0 saturated carbocycles. The van der Waals surface area contributed by atoms with Gasteiger partial charge in [0.25, 0.3) is 0 Å². The van der Waals surface area contributed by atoms with Gasteiger partial charge in [0.05, 0.1) is 72.7 Å². The number of hydrogen-bond acceptors (Lipinski definition) is 9. The minimum Gasteiger partial charge on any atom is -0.379 e. The zero-order chi connectivity index (χ0) is 22.0. The highest BCUT2D eigenvalue weighted by Gasteiger charge is 2.10. The van der Waals surface area contributed by atoms with Crippen molar-refractivity contribution in [3.05, 3.63) is 31.3 Å². The minimum atomic E-state index is -0.308. The molecule has 0 aliphatic rings. The molecule has 0 N–H and O–H groups in total. The number of rotatable bonds is 23. The van der Waals surface area contributed by atoms with Crippen LogP contribution in [0, 0.1) is 0 Å². The molecule has 170 valence electrons. The SMILES string of the molecule is [N-]=[N+]=NCCOCCOCC(COCCOCCN=[N+]=[N-])OCCOCCN=[N+]=[N-]. The molecule has 0 fully saturated rings. The van der Waals surface area contributed by atoms with Gasteiger partial charge in [-0.25, -0.2) is 0 Å². The molecule has 0 atom stereocenters. The van der Waals surface area contributed by atoms with E-state index in [4.69, 9.17) is 45.0 Å². The van der Waals surface area contributed by atoms with Crippen LogP contribution in [-0.4, -0.2) is 98.4 Å². The molecule has 0 aromatic heterocycles. The van der Waals surface area contributed by atoms with Crippen molar-refractivity contribution in [3.8, 4) is 0 Å². The van der Waals surface area contributed by atoms with E-state index in [0.717, 1.165) is 0 Å². The molecule has 0 unspecified atom stereocenters. The highest BCUT2D eigenvalue weighted by Crippen LogP contribution is 1.97. The lowest BCUT2D eigenvalue weighted by Gasteiger charge is -2.18. The molecule has 15 heteroatoms. The average Bonchev–Trinajstić information content (AvgIpc) is 2.76. The second-order valence-corrected chi connectivity index (χ2v) is 5.34. The van der Waals surface area contributed by atoms with Crippen LogP contribution in [0.15, 0.2) is 15.3 Å². The molecule has 0 aliphatic heterocycles. The molecule has 0 aromatic carbocycles. The van der Waals surface area contributed by atoms with Crippen LogP contribution in [0.1, 0.15) is 0 Å². The Morgan fingerprint density at radius 1 is 0.500 bits per heavy atom. The minimum absolute atomic E-state index is 0.269. The van der Waals surface area contributed by atoms with Gasteiger partial charge in [-0.1, -0.05) is 15.3 Å². The lowest BCUT2D eigenvalue weighted by Crippen LogP contribution is -2.29. The lowest BCUT2D eigenvalue weighted by atomic mass is 10.4. The number of nitrogens with zero attached hydrogens (tertiary/aromatic N) is 9. The molecule has 0 spiro atoms. The van der Waals surface area contributed by atoms with Gasteiger partial charge in [-0.05, 0) is 16.6 Å². The van der Waals surface area contributed by atoms with E-state index in [1.165, 1.54) is 0 Å². The van der Waals surface area contributed by atoms with Crippen molar-refractivity contribution in [2.45, 2.75) is 6.10 Å². The van der Waals surface area contributed by atoms with E-state index in [-0.39, 0.29) is 25.7 Å². The summed E-state index contributed by atoms with van der Waals surface area (Å²) in [6.07, 6.45) is -0.308. The van der Waals surface area contributed by atoms with E-state index in [1.54, 1.807) is 0 Å².